The average molecular weight is 466 g/mol. The summed E-state index contributed by atoms with van der Waals surface area (Å²) < 4.78 is 3.29. The predicted octanol–water partition coefficient (Wildman–Crippen LogP) is 3.87. The first-order chi connectivity index (χ1) is 16.3. The van der Waals surface area contributed by atoms with Gasteiger partial charge in [0.1, 0.15) is 17.6 Å². The van der Waals surface area contributed by atoms with Crippen molar-refractivity contribution in [3.8, 4) is 11.3 Å². The molecule has 2 amide bonds. The van der Waals surface area contributed by atoms with E-state index in [0.29, 0.717) is 23.9 Å². The van der Waals surface area contributed by atoms with Crippen LogP contribution in [0.15, 0.2) is 36.8 Å². The Morgan fingerprint density at radius 3 is 2.41 bits per heavy atom. The molecule has 3 aromatic rings. The lowest BCUT2D eigenvalue weighted by Crippen LogP contribution is -2.44. The van der Waals surface area contributed by atoms with Crippen LogP contribution in [-0.4, -0.2) is 42.4 Å². The first kappa shape index (κ1) is 25.1. The number of anilines is 1. The van der Waals surface area contributed by atoms with E-state index in [1.54, 1.807) is 36.3 Å². The fourth-order valence-electron chi connectivity index (χ4n) is 4.19. The van der Waals surface area contributed by atoms with Crippen LogP contribution in [0, 0.1) is 12.8 Å². The van der Waals surface area contributed by atoms with Crippen molar-refractivity contribution in [2.75, 3.05) is 5.32 Å². The summed E-state index contributed by atoms with van der Waals surface area (Å²) in [7, 11) is 3.58. The molecule has 0 radical (unpaired) electrons. The van der Waals surface area contributed by atoms with Crippen LogP contribution in [0.2, 0.25) is 0 Å². The molecule has 3 heterocycles. The zero-order chi connectivity index (χ0) is 24.7. The summed E-state index contributed by atoms with van der Waals surface area (Å²) >= 11 is 0. The van der Waals surface area contributed by atoms with Crippen molar-refractivity contribution in [3.63, 3.8) is 0 Å². The minimum atomic E-state index is -0.669. The Morgan fingerprint density at radius 2 is 1.82 bits per heavy atom. The summed E-state index contributed by atoms with van der Waals surface area (Å²) in [6.07, 6.45) is 9.79. The molecular weight excluding hydrogens is 430 g/mol. The number of aryl methyl sites for hydroxylation is 3. The van der Waals surface area contributed by atoms with Gasteiger partial charge in [0.15, 0.2) is 0 Å². The molecule has 34 heavy (non-hydrogen) atoms. The number of hydrogen-bond donors (Lipinski definition) is 2. The van der Waals surface area contributed by atoms with Crippen LogP contribution in [0.3, 0.4) is 0 Å². The summed E-state index contributed by atoms with van der Waals surface area (Å²) in [4.78, 5) is 30.3. The highest BCUT2D eigenvalue weighted by molar-refractivity contribution is 6.00. The molecule has 2 N–H and O–H groups in total. The van der Waals surface area contributed by atoms with Crippen LogP contribution in [0.25, 0.3) is 11.3 Å². The van der Waals surface area contributed by atoms with Crippen LogP contribution < -0.4 is 10.6 Å². The number of rotatable bonds is 11. The molecule has 0 spiro atoms. The van der Waals surface area contributed by atoms with Gasteiger partial charge >= 0.3 is 0 Å². The second-order valence-electron chi connectivity index (χ2n) is 8.91. The molecule has 182 valence electrons. The second kappa shape index (κ2) is 11.6. The lowest BCUT2D eigenvalue weighted by molar-refractivity contribution is -0.118. The van der Waals surface area contributed by atoms with Crippen molar-refractivity contribution >= 4 is 17.6 Å². The molecule has 0 aliphatic carbocycles. The summed E-state index contributed by atoms with van der Waals surface area (Å²) in [5.41, 5.74) is 3.36. The molecule has 2 atom stereocenters. The maximum atomic E-state index is 13.1. The molecule has 0 fully saturated rings. The third-order valence-corrected chi connectivity index (χ3v) is 6.06. The van der Waals surface area contributed by atoms with Gasteiger partial charge in [0, 0.05) is 32.1 Å². The van der Waals surface area contributed by atoms with Gasteiger partial charge in [-0.25, -0.2) is 4.98 Å². The lowest BCUT2D eigenvalue weighted by Gasteiger charge is -2.19. The van der Waals surface area contributed by atoms with Crippen LogP contribution in [-0.2, 0) is 18.9 Å². The SMILES string of the molecule is CCC[C@H](C)CCC[C@H](NC(=O)c1ccnn1C)C(=O)Nc1ccc(-c2c(C)cnn2C)cn1. The van der Waals surface area contributed by atoms with Crippen LogP contribution in [0.4, 0.5) is 5.82 Å². The van der Waals surface area contributed by atoms with Gasteiger partial charge in [0.05, 0.1) is 11.9 Å². The first-order valence-corrected chi connectivity index (χ1v) is 11.8. The third-order valence-electron chi connectivity index (χ3n) is 6.06. The van der Waals surface area contributed by atoms with E-state index in [1.807, 2.05) is 26.2 Å². The van der Waals surface area contributed by atoms with E-state index >= 15 is 0 Å². The van der Waals surface area contributed by atoms with Crippen molar-refractivity contribution in [3.05, 3.63) is 48.0 Å². The maximum absolute atomic E-state index is 13.1. The molecule has 0 saturated carbocycles. The fraction of sp³-hybridized carbons (Fsp3) is 0.480. The number of aromatic nitrogens is 5. The monoisotopic (exact) mass is 465 g/mol. The van der Waals surface area contributed by atoms with Crippen molar-refractivity contribution in [2.45, 2.75) is 58.9 Å². The molecule has 0 bridgehead atoms. The normalized spacial score (nSPS) is 12.9. The Morgan fingerprint density at radius 1 is 1.03 bits per heavy atom. The average Bonchev–Trinajstić information content (AvgIpc) is 3.38. The van der Waals surface area contributed by atoms with Gasteiger partial charge in [0.2, 0.25) is 5.91 Å². The summed E-state index contributed by atoms with van der Waals surface area (Å²) in [6, 6.07) is 4.64. The van der Waals surface area contributed by atoms with E-state index in [4.69, 9.17) is 0 Å². The van der Waals surface area contributed by atoms with E-state index in [2.05, 4.69) is 39.7 Å². The number of hydrogen-bond acceptors (Lipinski definition) is 5. The lowest BCUT2D eigenvalue weighted by atomic mass is 9.97. The highest BCUT2D eigenvalue weighted by Gasteiger charge is 2.23. The Kier molecular flexibility index (Phi) is 8.56. The van der Waals surface area contributed by atoms with E-state index in [9.17, 15) is 9.59 Å². The van der Waals surface area contributed by atoms with Gasteiger partial charge in [-0.1, -0.05) is 39.5 Å². The molecule has 3 aromatic heterocycles. The standard InChI is InChI=1S/C25H35N7O2/c1-6-8-17(2)9-7-10-20(29-25(34)21-13-14-27-31(21)4)24(33)30-22-12-11-19(16-26-22)23-18(3)15-28-32(23)5/h11-17,20H,6-10H2,1-5H3,(H,29,34)(H,26,30,33)/t17-,20-/m0/s1. The Hall–Kier alpha value is -3.49. The van der Waals surface area contributed by atoms with Gasteiger partial charge in [-0.2, -0.15) is 10.2 Å². The minimum absolute atomic E-state index is 0.282. The van der Waals surface area contributed by atoms with Crippen LogP contribution in [0.1, 0.15) is 62.0 Å². The molecule has 9 heteroatoms. The molecule has 0 unspecified atom stereocenters. The van der Waals surface area contributed by atoms with E-state index in [1.165, 1.54) is 4.68 Å². The van der Waals surface area contributed by atoms with Crippen molar-refractivity contribution in [2.24, 2.45) is 20.0 Å². The van der Waals surface area contributed by atoms with Crippen LogP contribution >= 0.6 is 0 Å². The molecule has 9 nitrogen and oxygen atoms in total. The number of pyridine rings is 1. The highest BCUT2D eigenvalue weighted by atomic mass is 16.2. The van der Waals surface area contributed by atoms with Crippen molar-refractivity contribution in [1.29, 1.82) is 0 Å². The van der Waals surface area contributed by atoms with Crippen molar-refractivity contribution < 1.29 is 9.59 Å². The summed E-state index contributed by atoms with van der Waals surface area (Å²) in [6.45, 7) is 6.39. The van der Waals surface area contributed by atoms with E-state index < -0.39 is 6.04 Å². The Balaban J connectivity index is 1.69. The highest BCUT2D eigenvalue weighted by Crippen LogP contribution is 2.23. The topological polar surface area (TPSA) is 107 Å². The zero-order valence-electron chi connectivity index (χ0n) is 20.7. The number of amides is 2. The number of carbonyl (C=O) groups is 2. The third kappa shape index (κ3) is 6.30. The predicted molar refractivity (Wildman–Crippen MR) is 132 cm³/mol. The van der Waals surface area contributed by atoms with E-state index in [0.717, 1.165) is 42.5 Å². The van der Waals surface area contributed by atoms with Gasteiger partial charge in [-0.15, -0.1) is 0 Å². The second-order valence-corrected chi connectivity index (χ2v) is 8.91. The van der Waals surface area contributed by atoms with Gasteiger partial charge in [-0.05, 0) is 43.0 Å². The number of nitrogens with zero attached hydrogens (tertiary/aromatic N) is 5. The minimum Gasteiger partial charge on any atom is -0.339 e. The molecule has 3 rings (SSSR count). The smallest absolute Gasteiger partial charge is 0.270 e. The van der Waals surface area contributed by atoms with E-state index in [-0.39, 0.29) is 11.8 Å². The zero-order valence-corrected chi connectivity index (χ0v) is 20.7. The number of nitrogens with one attached hydrogen (secondary N) is 2. The van der Waals surface area contributed by atoms with Gasteiger partial charge in [0.25, 0.3) is 5.91 Å². The molecule has 0 aromatic carbocycles. The van der Waals surface area contributed by atoms with Crippen molar-refractivity contribution in [1.82, 2.24) is 29.9 Å². The maximum Gasteiger partial charge on any atom is 0.270 e. The molecule has 0 saturated heterocycles. The molecule has 0 aliphatic rings. The summed E-state index contributed by atoms with van der Waals surface area (Å²) in [5.74, 6) is 0.422. The fourth-order valence-corrected chi connectivity index (χ4v) is 4.19. The summed E-state index contributed by atoms with van der Waals surface area (Å²) in [5, 5.41) is 14.1. The number of carbonyl (C=O) groups excluding carboxylic acids is 2. The molecule has 0 aliphatic heterocycles. The molecular formula is C25H35N7O2. The van der Waals surface area contributed by atoms with Crippen LogP contribution in [0.5, 0.6) is 0 Å². The first-order valence-electron chi connectivity index (χ1n) is 11.8. The Labute approximate surface area is 201 Å². The quantitative estimate of drug-likeness (QED) is 0.447. The van der Waals surface area contributed by atoms with Gasteiger partial charge in [-0.3, -0.25) is 19.0 Å². The van der Waals surface area contributed by atoms with Gasteiger partial charge < -0.3 is 10.6 Å². The Bertz CT molecular complexity index is 1080. The largest absolute Gasteiger partial charge is 0.339 e.